The molecule has 0 amide bonds. The molecule has 2 saturated heterocycles. The van der Waals surface area contributed by atoms with E-state index in [0.717, 1.165) is 19.5 Å². The highest BCUT2D eigenvalue weighted by atomic mass is 19.1. The lowest BCUT2D eigenvalue weighted by atomic mass is 9.92. The van der Waals surface area contributed by atoms with Gasteiger partial charge in [0.25, 0.3) is 5.69 Å². The molecule has 3 aromatic carbocycles. The summed E-state index contributed by atoms with van der Waals surface area (Å²) in [7, 11) is 0. The normalized spacial score (nSPS) is 21.9. The third kappa shape index (κ3) is 4.56. The third-order valence-corrected chi connectivity index (χ3v) is 7.26. The van der Waals surface area contributed by atoms with E-state index < -0.39 is 16.6 Å². The van der Waals surface area contributed by atoms with E-state index in [4.69, 9.17) is 9.47 Å². The lowest BCUT2D eigenvalue weighted by molar-refractivity contribution is -0.384. The van der Waals surface area contributed by atoms with Crippen LogP contribution in [0.15, 0.2) is 54.6 Å². The van der Waals surface area contributed by atoms with Crippen LogP contribution in [-0.4, -0.2) is 48.2 Å². The first-order valence-electron chi connectivity index (χ1n) is 12.3. The molecule has 0 spiro atoms. The van der Waals surface area contributed by atoms with Gasteiger partial charge in [-0.2, -0.15) is 0 Å². The van der Waals surface area contributed by atoms with Crippen LogP contribution in [0.3, 0.4) is 0 Å². The number of halogens is 2. The summed E-state index contributed by atoms with van der Waals surface area (Å²) in [6.07, 6.45) is 2.62. The van der Waals surface area contributed by atoms with Crippen LogP contribution in [-0.2, 0) is 11.3 Å². The van der Waals surface area contributed by atoms with Gasteiger partial charge in [0.2, 0.25) is 0 Å². The maximum atomic E-state index is 14.7. The molecule has 9 heteroatoms. The number of anilines is 1. The Balaban J connectivity index is 1.38. The van der Waals surface area contributed by atoms with E-state index >= 15 is 0 Å². The topological polar surface area (TPSA) is 76.9 Å². The molecule has 0 aliphatic carbocycles. The van der Waals surface area contributed by atoms with Gasteiger partial charge >= 0.3 is 0 Å². The molecule has 1 N–H and O–H groups in total. The van der Waals surface area contributed by atoms with Gasteiger partial charge in [0, 0.05) is 48.4 Å². The van der Waals surface area contributed by atoms with Gasteiger partial charge in [-0.15, -0.1) is 0 Å². The van der Waals surface area contributed by atoms with Crippen LogP contribution in [0, 0.1) is 21.7 Å². The Kier molecular flexibility index (Phi) is 6.10. The van der Waals surface area contributed by atoms with E-state index in [1.807, 2.05) is 0 Å². The zero-order chi connectivity index (χ0) is 25.5. The highest BCUT2D eigenvalue weighted by Gasteiger charge is 2.35. The number of hydrogen-bond donors (Lipinski definition) is 1. The van der Waals surface area contributed by atoms with E-state index in [1.165, 1.54) is 24.3 Å². The quantitative estimate of drug-likeness (QED) is 0.386. The molecule has 190 valence electrons. The summed E-state index contributed by atoms with van der Waals surface area (Å²) in [5, 5.41) is 15.4. The van der Waals surface area contributed by atoms with E-state index in [-0.39, 0.29) is 24.1 Å². The smallest absolute Gasteiger partial charge is 0.292 e. The summed E-state index contributed by atoms with van der Waals surface area (Å²) in [5.41, 5.74) is 3.11. The molecule has 3 aliphatic heterocycles. The van der Waals surface area contributed by atoms with E-state index in [2.05, 4.69) is 10.2 Å². The van der Waals surface area contributed by atoms with Crippen LogP contribution in [0.4, 0.5) is 20.2 Å². The number of nitro groups is 1. The summed E-state index contributed by atoms with van der Waals surface area (Å²) in [4.78, 5) is 14.0. The molecule has 7 nitrogen and oxygen atoms in total. The molecule has 3 aromatic rings. The molecule has 0 unspecified atom stereocenters. The largest absolute Gasteiger partial charge is 0.488 e. The van der Waals surface area contributed by atoms with Crippen molar-refractivity contribution in [3.8, 4) is 5.75 Å². The van der Waals surface area contributed by atoms with Gasteiger partial charge in [0.05, 0.1) is 18.1 Å². The standard InChI is InChI=1S/C28H25F2N3O4/c29-18-5-6-22-23(21-2-1-3-25(30)24(21)16-37-28(22)12-18)10-17-4-7-26(27(11-17)33(34)35)31-19-13-20-15-36-9-8-32(20)14-19/h1-7,10-12,19-20,31H,8-9,13-16H2/b23-10+/t19-,20-/m0/s1. The van der Waals surface area contributed by atoms with Crippen molar-refractivity contribution in [2.24, 2.45) is 0 Å². The van der Waals surface area contributed by atoms with Crippen molar-refractivity contribution in [1.82, 2.24) is 4.90 Å². The Morgan fingerprint density at radius 1 is 1.11 bits per heavy atom. The monoisotopic (exact) mass is 505 g/mol. The Bertz CT molecular complexity index is 1400. The van der Waals surface area contributed by atoms with Crippen LogP contribution in [0.5, 0.6) is 5.75 Å². The van der Waals surface area contributed by atoms with Gasteiger partial charge in [-0.25, -0.2) is 8.78 Å². The van der Waals surface area contributed by atoms with Crippen molar-refractivity contribution in [1.29, 1.82) is 0 Å². The minimum atomic E-state index is -0.467. The highest BCUT2D eigenvalue weighted by molar-refractivity contribution is 5.95. The number of benzene rings is 3. The van der Waals surface area contributed by atoms with Crippen molar-refractivity contribution >= 4 is 23.0 Å². The maximum Gasteiger partial charge on any atom is 0.292 e. The molecule has 6 rings (SSSR count). The predicted molar refractivity (Wildman–Crippen MR) is 135 cm³/mol. The fourth-order valence-corrected chi connectivity index (χ4v) is 5.48. The van der Waals surface area contributed by atoms with Crippen molar-refractivity contribution in [3.63, 3.8) is 0 Å². The van der Waals surface area contributed by atoms with Gasteiger partial charge in [0.15, 0.2) is 0 Å². The molecular formula is C28H25F2N3O4. The lowest BCUT2D eigenvalue weighted by Crippen LogP contribution is -2.40. The molecule has 2 atom stereocenters. The molecular weight excluding hydrogens is 480 g/mol. The highest BCUT2D eigenvalue weighted by Crippen LogP contribution is 2.40. The summed E-state index contributed by atoms with van der Waals surface area (Å²) < 4.78 is 40.0. The van der Waals surface area contributed by atoms with Crippen molar-refractivity contribution in [3.05, 3.63) is 98.6 Å². The molecule has 0 saturated carbocycles. The Hall–Kier alpha value is -3.82. The van der Waals surface area contributed by atoms with Crippen LogP contribution in [0.25, 0.3) is 11.6 Å². The molecule has 0 aromatic heterocycles. The SMILES string of the molecule is O=[N+]([O-])c1cc(/C=C2/c3ccc(F)cc3OCc3c(F)cccc32)ccc1N[C@H]1C[C@H]2COCCN2C1. The number of morpholine rings is 1. The maximum absolute atomic E-state index is 14.7. The van der Waals surface area contributed by atoms with Crippen LogP contribution < -0.4 is 10.1 Å². The number of nitrogens with one attached hydrogen (secondary N) is 1. The minimum Gasteiger partial charge on any atom is -0.488 e. The van der Waals surface area contributed by atoms with Gasteiger partial charge < -0.3 is 14.8 Å². The summed E-state index contributed by atoms with van der Waals surface area (Å²) in [5.74, 6) is -0.609. The molecule has 37 heavy (non-hydrogen) atoms. The number of hydrogen-bond acceptors (Lipinski definition) is 6. The van der Waals surface area contributed by atoms with Crippen molar-refractivity contribution < 1.29 is 23.2 Å². The molecule has 0 radical (unpaired) electrons. The first kappa shape index (κ1) is 23.6. The van der Waals surface area contributed by atoms with Crippen molar-refractivity contribution in [2.45, 2.75) is 25.1 Å². The molecule has 2 fully saturated rings. The molecule has 3 heterocycles. The number of nitro benzene ring substituents is 1. The first-order chi connectivity index (χ1) is 18.0. The van der Waals surface area contributed by atoms with Gasteiger partial charge in [-0.1, -0.05) is 18.2 Å². The summed E-state index contributed by atoms with van der Waals surface area (Å²) >= 11 is 0. The predicted octanol–water partition coefficient (Wildman–Crippen LogP) is 5.24. The zero-order valence-corrected chi connectivity index (χ0v) is 20.0. The summed E-state index contributed by atoms with van der Waals surface area (Å²) in [6, 6.07) is 14.3. The molecule has 0 bridgehead atoms. The van der Waals surface area contributed by atoms with E-state index in [1.54, 1.807) is 36.4 Å². The fourth-order valence-electron chi connectivity index (χ4n) is 5.48. The second-order valence-corrected chi connectivity index (χ2v) is 9.59. The fraction of sp³-hybridized carbons (Fsp3) is 0.286. The van der Waals surface area contributed by atoms with E-state index in [9.17, 15) is 18.9 Å². The second kappa shape index (κ2) is 9.57. The number of nitrogens with zero attached hydrogens (tertiary/aromatic N) is 2. The van der Waals surface area contributed by atoms with Crippen molar-refractivity contribution in [2.75, 3.05) is 31.6 Å². The first-order valence-corrected chi connectivity index (χ1v) is 12.3. The summed E-state index contributed by atoms with van der Waals surface area (Å²) in [6.45, 7) is 3.02. The Morgan fingerprint density at radius 3 is 2.84 bits per heavy atom. The second-order valence-electron chi connectivity index (χ2n) is 9.59. The zero-order valence-electron chi connectivity index (χ0n) is 20.0. The number of rotatable bonds is 4. The van der Waals surface area contributed by atoms with Gasteiger partial charge in [0.1, 0.15) is 29.7 Å². The van der Waals surface area contributed by atoms with Crippen LogP contribution in [0.2, 0.25) is 0 Å². The average molecular weight is 506 g/mol. The molecule has 3 aliphatic rings. The lowest BCUT2D eigenvalue weighted by Gasteiger charge is -2.28. The Labute approximate surface area is 212 Å². The number of ether oxygens (including phenoxy) is 2. The van der Waals surface area contributed by atoms with Crippen LogP contribution in [0.1, 0.15) is 28.7 Å². The van der Waals surface area contributed by atoms with E-state index in [0.29, 0.717) is 52.8 Å². The third-order valence-electron chi connectivity index (χ3n) is 7.26. The van der Waals surface area contributed by atoms with Crippen LogP contribution >= 0.6 is 0 Å². The average Bonchev–Trinajstić information content (AvgIpc) is 3.23. The Morgan fingerprint density at radius 2 is 2.00 bits per heavy atom. The van der Waals surface area contributed by atoms with Gasteiger partial charge in [-0.05, 0) is 53.5 Å². The van der Waals surface area contributed by atoms with Gasteiger partial charge in [-0.3, -0.25) is 15.0 Å². The minimum absolute atomic E-state index is 0.0425. The number of fused-ring (bicyclic) bond motifs is 3.